The minimum Gasteiger partial charge on any atom is -0.486 e. The Kier molecular flexibility index (Phi) is 4.96. The first kappa shape index (κ1) is 16.9. The lowest BCUT2D eigenvalue weighted by molar-refractivity contribution is 0.0620. The van der Waals surface area contributed by atoms with Gasteiger partial charge in [0.1, 0.15) is 0 Å². The van der Waals surface area contributed by atoms with Crippen molar-refractivity contribution in [3.8, 4) is 5.06 Å². The van der Waals surface area contributed by atoms with Crippen LogP contribution in [0, 0.1) is 5.92 Å². The van der Waals surface area contributed by atoms with Crippen molar-refractivity contribution in [2.45, 2.75) is 28.1 Å². The average Bonchev–Trinajstić information content (AvgIpc) is 3.11. The van der Waals surface area contributed by atoms with Crippen LogP contribution < -0.4 is 10.1 Å². The van der Waals surface area contributed by atoms with E-state index in [0.29, 0.717) is 12.0 Å². The number of thiazole rings is 1. The summed E-state index contributed by atoms with van der Waals surface area (Å²) in [6.07, 6.45) is 4.14. The van der Waals surface area contributed by atoms with Crippen molar-refractivity contribution in [1.82, 2.24) is 15.2 Å². The summed E-state index contributed by atoms with van der Waals surface area (Å²) in [6.45, 7) is 3.37. The maximum atomic E-state index is 12.5. The zero-order chi connectivity index (χ0) is 17.2. The molecule has 1 amide bonds. The zero-order valence-electron chi connectivity index (χ0n) is 14.1. The van der Waals surface area contributed by atoms with E-state index in [0.717, 1.165) is 26.4 Å². The van der Waals surface area contributed by atoms with Crippen molar-refractivity contribution in [2.75, 3.05) is 26.7 Å². The molecule has 1 unspecified atom stereocenters. The molecule has 0 spiro atoms. The number of rotatable bonds is 5. The van der Waals surface area contributed by atoms with Crippen LogP contribution in [0.3, 0.4) is 0 Å². The summed E-state index contributed by atoms with van der Waals surface area (Å²) in [7, 11) is 1.64. The van der Waals surface area contributed by atoms with Gasteiger partial charge >= 0.3 is 0 Å². The number of hydrogen-bond acceptors (Lipinski definition) is 6. The van der Waals surface area contributed by atoms with Crippen molar-refractivity contribution in [3.05, 3.63) is 36.0 Å². The summed E-state index contributed by atoms with van der Waals surface area (Å²) < 4.78 is 6.09. The van der Waals surface area contributed by atoms with Crippen LogP contribution in [0.15, 0.2) is 39.7 Å². The summed E-state index contributed by atoms with van der Waals surface area (Å²) in [4.78, 5) is 20.4. The third kappa shape index (κ3) is 3.83. The predicted molar refractivity (Wildman–Crippen MR) is 99.6 cm³/mol. The second-order valence-electron chi connectivity index (χ2n) is 6.49. The number of aromatic nitrogens is 1. The number of hydrogen-bond donors (Lipinski definition) is 1. The molecule has 0 saturated carbocycles. The fourth-order valence-electron chi connectivity index (χ4n) is 3.54. The Morgan fingerprint density at radius 3 is 2.68 bits per heavy atom. The lowest BCUT2D eigenvalue weighted by atomic mass is 9.84. The van der Waals surface area contributed by atoms with Gasteiger partial charge in [-0.3, -0.25) is 4.79 Å². The van der Waals surface area contributed by atoms with Gasteiger partial charge in [-0.15, -0.1) is 0 Å². The van der Waals surface area contributed by atoms with Crippen LogP contribution in [0.1, 0.15) is 23.2 Å². The van der Waals surface area contributed by atoms with E-state index in [4.69, 9.17) is 4.74 Å². The molecule has 2 bridgehead atoms. The molecule has 3 saturated heterocycles. The smallest absolute Gasteiger partial charge is 0.251 e. The van der Waals surface area contributed by atoms with Crippen molar-refractivity contribution < 1.29 is 9.53 Å². The van der Waals surface area contributed by atoms with Gasteiger partial charge in [-0.25, -0.2) is 4.98 Å². The second-order valence-corrected chi connectivity index (χ2v) is 8.81. The molecule has 3 aliphatic heterocycles. The normalized spacial score (nSPS) is 24.9. The molecule has 1 aromatic heterocycles. The number of ether oxygens (including phenoxy) is 1. The Hall–Kier alpha value is -1.57. The molecule has 1 aromatic carbocycles. The topological polar surface area (TPSA) is 54.5 Å². The molecule has 7 heteroatoms. The van der Waals surface area contributed by atoms with Crippen molar-refractivity contribution >= 4 is 29.0 Å². The van der Waals surface area contributed by atoms with Crippen LogP contribution in [0.5, 0.6) is 5.06 Å². The first-order chi connectivity index (χ1) is 12.2. The predicted octanol–water partition coefficient (Wildman–Crippen LogP) is 3.13. The summed E-state index contributed by atoms with van der Waals surface area (Å²) in [5, 5.41) is 4.03. The Morgan fingerprint density at radius 2 is 2.08 bits per heavy atom. The molecule has 3 aliphatic rings. The number of nitrogens with zero attached hydrogens (tertiary/aromatic N) is 2. The zero-order valence-corrected chi connectivity index (χ0v) is 15.7. The summed E-state index contributed by atoms with van der Waals surface area (Å²) in [5.41, 5.74) is 0.720. The monoisotopic (exact) mass is 375 g/mol. The lowest BCUT2D eigenvalue weighted by Crippen LogP contribution is -2.57. The molecule has 1 atom stereocenters. The molecule has 25 heavy (non-hydrogen) atoms. The molecule has 4 heterocycles. The molecule has 2 aromatic rings. The van der Waals surface area contributed by atoms with Crippen LogP contribution >= 0.6 is 23.1 Å². The first-order valence-electron chi connectivity index (χ1n) is 8.52. The van der Waals surface area contributed by atoms with Gasteiger partial charge in [0.2, 0.25) is 0 Å². The van der Waals surface area contributed by atoms with E-state index in [1.807, 2.05) is 24.3 Å². The van der Waals surface area contributed by atoms with E-state index in [9.17, 15) is 4.79 Å². The van der Waals surface area contributed by atoms with E-state index in [-0.39, 0.29) is 5.91 Å². The highest BCUT2D eigenvalue weighted by atomic mass is 32.2. The molecule has 5 nitrogen and oxygen atoms in total. The van der Waals surface area contributed by atoms with Crippen molar-refractivity contribution in [2.24, 2.45) is 5.92 Å². The lowest BCUT2D eigenvalue weighted by Gasteiger charge is -2.44. The summed E-state index contributed by atoms with van der Waals surface area (Å²) >= 11 is 3.09. The van der Waals surface area contributed by atoms with Gasteiger partial charge in [0, 0.05) is 23.0 Å². The Morgan fingerprint density at radius 1 is 1.32 bits per heavy atom. The Bertz CT molecular complexity index is 739. The number of carbonyl (C=O) groups excluding carboxylic acids is 1. The van der Waals surface area contributed by atoms with E-state index >= 15 is 0 Å². The van der Waals surface area contributed by atoms with Gasteiger partial charge in [0.15, 0.2) is 9.40 Å². The van der Waals surface area contributed by atoms with E-state index in [2.05, 4.69) is 15.2 Å². The number of amides is 1. The molecule has 3 fully saturated rings. The van der Waals surface area contributed by atoms with Gasteiger partial charge in [-0.05, 0) is 56.1 Å². The number of benzene rings is 1. The van der Waals surface area contributed by atoms with Crippen LogP contribution in [-0.4, -0.2) is 48.6 Å². The van der Waals surface area contributed by atoms with Gasteiger partial charge < -0.3 is 15.0 Å². The molecule has 0 aliphatic carbocycles. The van der Waals surface area contributed by atoms with E-state index in [1.54, 1.807) is 25.1 Å². The molecule has 5 rings (SSSR count). The molecular weight excluding hydrogens is 354 g/mol. The van der Waals surface area contributed by atoms with E-state index < -0.39 is 0 Å². The van der Waals surface area contributed by atoms with Crippen LogP contribution in [0.2, 0.25) is 0 Å². The Labute approximate surface area is 155 Å². The number of carbonyl (C=O) groups is 1. The molecular formula is C18H21N3O2S2. The SMILES string of the molecule is COc1cnc(Sc2ccc(C(=O)NC3CN4CCC3CC4)cc2)s1. The third-order valence-corrected chi connectivity index (χ3v) is 7.00. The molecule has 132 valence electrons. The number of piperidine rings is 3. The summed E-state index contributed by atoms with van der Waals surface area (Å²) in [5.74, 6) is 0.676. The van der Waals surface area contributed by atoms with Gasteiger partial charge in [-0.1, -0.05) is 23.1 Å². The molecule has 0 radical (unpaired) electrons. The quantitative estimate of drug-likeness (QED) is 0.870. The summed E-state index contributed by atoms with van der Waals surface area (Å²) in [6, 6.07) is 8.04. The van der Waals surface area contributed by atoms with Gasteiger partial charge in [0.05, 0.1) is 13.3 Å². The third-order valence-electron chi connectivity index (χ3n) is 4.96. The minimum absolute atomic E-state index is 0.0335. The molecule has 1 N–H and O–H groups in total. The number of fused-ring (bicyclic) bond motifs is 3. The van der Waals surface area contributed by atoms with Gasteiger partial charge in [-0.2, -0.15) is 0 Å². The largest absolute Gasteiger partial charge is 0.486 e. The van der Waals surface area contributed by atoms with Crippen LogP contribution in [0.4, 0.5) is 0 Å². The number of nitrogens with one attached hydrogen (secondary N) is 1. The van der Waals surface area contributed by atoms with Crippen LogP contribution in [-0.2, 0) is 0 Å². The maximum Gasteiger partial charge on any atom is 0.251 e. The maximum absolute atomic E-state index is 12.5. The van der Waals surface area contributed by atoms with Gasteiger partial charge in [0.25, 0.3) is 5.91 Å². The highest BCUT2D eigenvalue weighted by Crippen LogP contribution is 2.34. The fourth-order valence-corrected chi connectivity index (χ4v) is 5.29. The number of methoxy groups -OCH3 is 1. The Balaban J connectivity index is 1.37. The average molecular weight is 376 g/mol. The van der Waals surface area contributed by atoms with Crippen molar-refractivity contribution in [3.63, 3.8) is 0 Å². The highest BCUT2D eigenvalue weighted by Gasteiger charge is 2.34. The highest BCUT2D eigenvalue weighted by molar-refractivity contribution is 8.01. The standard InChI is InChI=1S/C18H21N3O2S2/c1-23-16-10-19-18(25-16)24-14-4-2-13(3-5-14)17(22)20-15-11-21-8-6-12(15)7-9-21/h2-5,10,12,15H,6-9,11H2,1H3,(H,20,22). The minimum atomic E-state index is 0.0335. The van der Waals surface area contributed by atoms with Crippen molar-refractivity contribution in [1.29, 1.82) is 0 Å². The van der Waals surface area contributed by atoms with E-state index in [1.165, 1.54) is 37.3 Å². The van der Waals surface area contributed by atoms with Crippen LogP contribution in [0.25, 0.3) is 0 Å². The fraction of sp³-hybridized carbons (Fsp3) is 0.444. The second kappa shape index (κ2) is 7.35. The first-order valence-corrected chi connectivity index (χ1v) is 10.2.